The molecule has 0 unspecified atom stereocenters. The molecule has 9 nitrogen and oxygen atoms in total. The molecular weight excluding hydrogens is 380 g/mol. The number of phenolic OH excluding ortho intramolecular Hbond substituents is 1. The molecule has 2 fully saturated rings. The molecule has 1 aromatic carbocycles. The Hall–Kier alpha value is -2.62. The molecule has 1 saturated heterocycles. The van der Waals surface area contributed by atoms with Crippen LogP contribution in [0, 0.1) is 5.92 Å². The summed E-state index contributed by atoms with van der Waals surface area (Å²) in [4.78, 5) is 26.7. The van der Waals surface area contributed by atoms with Crippen LogP contribution in [0.25, 0.3) is 0 Å². The maximum absolute atomic E-state index is 12.5. The zero-order chi connectivity index (χ0) is 19.5. The molecule has 2 heterocycles. The van der Waals surface area contributed by atoms with Gasteiger partial charge in [-0.15, -0.1) is 5.10 Å². The van der Waals surface area contributed by atoms with Gasteiger partial charge in [0.1, 0.15) is 5.75 Å². The van der Waals surface area contributed by atoms with Crippen molar-refractivity contribution in [2.24, 2.45) is 5.92 Å². The third-order valence-electron chi connectivity index (χ3n) is 5.03. The normalized spacial score (nSPS) is 17.5. The van der Waals surface area contributed by atoms with E-state index in [1.54, 1.807) is 16.8 Å². The third-order valence-corrected chi connectivity index (χ3v) is 5.95. The van der Waals surface area contributed by atoms with Gasteiger partial charge in [0, 0.05) is 24.7 Å². The molecule has 2 aliphatic rings. The van der Waals surface area contributed by atoms with Crippen molar-refractivity contribution in [3.63, 3.8) is 0 Å². The number of aromatic nitrogens is 4. The number of rotatable bonds is 6. The summed E-state index contributed by atoms with van der Waals surface area (Å²) < 4.78 is 1.80. The van der Waals surface area contributed by atoms with E-state index in [4.69, 9.17) is 0 Å². The molecule has 1 aromatic heterocycles. The van der Waals surface area contributed by atoms with Crippen molar-refractivity contribution in [1.29, 1.82) is 0 Å². The van der Waals surface area contributed by atoms with Crippen LogP contribution in [0.1, 0.15) is 31.7 Å². The number of nitrogens with one attached hydrogen (secondary N) is 1. The number of phenols is 1. The molecule has 1 aliphatic carbocycles. The first-order chi connectivity index (χ1) is 13.6. The number of aromatic hydroxyl groups is 1. The molecule has 28 heavy (non-hydrogen) atoms. The quantitative estimate of drug-likeness (QED) is 0.558. The standard InChI is InChI=1S/C18H22N6O3S/c25-15-5-1-13(2-6-15)19-17(27)12-7-9-23(10-8-12)16(26)11-28-18-20-21-22-24(18)14-3-4-14/h1-2,5-6,12,14,25H,3-4,7-11H2,(H,19,27). The van der Waals surface area contributed by atoms with Crippen LogP contribution in [0.15, 0.2) is 29.4 Å². The number of benzene rings is 1. The van der Waals surface area contributed by atoms with Crippen molar-refractivity contribution in [2.75, 3.05) is 24.2 Å². The van der Waals surface area contributed by atoms with E-state index in [1.807, 2.05) is 4.90 Å². The third kappa shape index (κ3) is 4.44. The van der Waals surface area contributed by atoms with Crippen molar-refractivity contribution in [1.82, 2.24) is 25.1 Å². The topological polar surface area (TPSA) is 113 Å². The smallest absolute Gasteiger partial charge is 0.233 e. The number of amides is 2. The number of carbonyl (C=O) groups excluding carboxylic acids is 2. The van der Waals surface area contributed by atoms with E-state index in [-0.39, 0.29) is 23.5 Å². The van der Waals surface area contributed by atoms with Crippen molar-refractivity contribution in [2.45, 2.75) is 36.9 Å². The highest BCUT2D eigenvalue weighted by atomic mass is 32.2. The highest BCUT2D eigenvalue weighted by Gasteiger charge is 2.30. The average molecular weight is 402 g/mol. The molecule has 1 saturated carbocycles. The summed E-state index contributed by atoms with van der Waals surface area (Å²) in [6.45, 7) is 1.14. The monoisotopic (exact) mass is 402 g/mol. The van der Waals surface area contributed by atoms with E-state index in [0.29, 0.717) is 48.6 Å². The number of carbonyl (C=O) groups is 2. The van der Waals surface area contributed by atoms with Crippen LogP contribution in [0.3, 0.4) is 0 Å². The van der Waals surface area contributed by atoms with Gasteiger partial charge in [0.25, 0.3) is 0 Å². The molecule has 0 radical (unpaired) electrons. The minimum Gasteiger partial charge on any atom is -0.508 e. The second-order valence-electron chi connectivity index (χ2n) is 7.12. The molecule has 0 spiro atoms. The number of hydrogen-bond acceptors (Lipinski definition) is 7. The first-order valence-corrected chi connectivity index (χ1v) is 10.4. The van der Waals surface area contributed by atoms with Crippen LogP contribution in [-0.2, 0) is 9.59 Å². The SMILES string of the molecule is O=C(Nc1ccc(O)cc1)C1CCN(C(=O)CSc2nnnn2C2CC2)CC1. The first-order valence-electron chi connectivity index (χ1n) is 9.38. The summed E-state index contributed by atoms with van der Waals surface area (Å²) in [6, 6.07) is 6.79. The zero-order valence-corrected chi connectivity index (χ0v) is 16.1. The molecule has 4 rings (SSSR count). The fourth-order valence-electron chi connectivity index (χ4n) is 3.23. The molecular formula is C18H22N6O3S. The Morgan fingerprint density at radius 2 is 1.86 bits per heavy atom. The van der Waals surface area contributed by atoms with Crippen molar-refractivity contribution < 1.29 is 14.7 Å². The number of anilines is 1. The lowest BCUT2D eigenvalue weighted by Gasteiger charge is -2.31. The summed E-state index contributed by atoms with van der Waals surface area (Å²) in [5.41, 5.74) is 0.658. The fraction of sp³-hybridized carbons (Fsp3) is 0.500. The van der Waals surface area contributed by atoms with Crippen molar-refractivity contribution in [3.8, 4) is 5.75 Å². The minimum absolute atomic E-state index is 0.0456. The van der Waals surface area contributed by atoms with Gasteiger partial charge in [-0.05, 0) is 60.4 Å². The molecule has 0 bridgehead atoms. The second-order valence-corrected chi connectivity index (χ2v) is 8.06. The predicted molar refractivity (Wildman–Crippen MR) is 103 cm³/mol. The molecule has 1 aliphatic heterocycles. The van der Waals surface area contributed by atoms with E-state index < -0.39 is 0 Å². The van der Waals surface area contributed by atoms with E-state index in [0.717, 1.165) is 12.8 Å². The van der Waals surface area contributed by atoms with E-state index in [9.17, 15) is 14.7 Å². The summed E-state index contributed by atoms with van der Waals surface area (Å²) in [7, 11) is 0. The van der Waals surface area contributed by atoms with Crippen LogP contribution >= 0.6 is 11.8 Å². The number of likely N-dealkylation sites (tertiary alicyclic amines) is 1. The Morgan fingerprint density at radius 3 is 2.54 bits per heavy atom. The molecule has 2 aromatic rings. The molecule has 10 heteroatoms. The number of thioether (sulfide) groups is 1. The van der Waals surface area contributed by atoms with Gasteiger partial charge in [0.15, 0.2) is 0 Å². The Balaban J connectivity index is 1.23. The lowest BCUT2D eigenvalue weighted by atomic mass is 9.96. The van der Waals surface area contributed by atoms with Crippen LogP contribution < -0.4 is 5.32 Å². The van der Waals surface area contributed by atoms with Gasteiger partial charge in [0.05, 0.1) is 11.8 Å². The van der Waals surface area contributed by atoms with Crippen LogP contribution in [-0.4, -0.2) is 60.9 Å². The molecule has 2 N–H and O–H groups in total. The highest BCUT2D eigenvalue weighted by molar-refractivity contribution is 7.99. The van der Waals surface area contributed by atoms with E-state index in [1.165, 1.54) is 23.9 Å². The van der Waals surface area contributed by atoms with Gasteiger partial charge in [-0.1, -0.05) is 11.8 Å². The maximum Gasteiger partial charge on any atom is 0.233 e. The fourth-order valence-corrected chi connectivity index (χ4v) is 4.07. The minimum atomic E-state index is -0.118. The molecule has 148 valence electrons. The summed E-state index contributed by atoms with van der Waals surface area (Å²) in [6.07, 6.45) is 3.46. The van der Waals surface area contributed by atoms with E-state index in [2.05, 4.69) is 20.8 Å². The average Bonchev–Trinajstić information content (AvgIpc) is 3.45. The Labute approximate surface area is 166 Å². The number of nitrogens with zero attached hydrogens (tertiary/aromatic N) is 5. The highest BCUT2D eigenvalue weighted by Crippen LogP contribution is 2.36. The van der Waals surface area contributed by atoms with Gasteiger partial charge in [-0.2, -0.15) is 0 Å². The summed E-state index contributed by atoms with van der Waals surface area (Å²) in [5, 5.41) is 24.6. The van der Waals surface area contributed by atoms with Crippen LogP contribution in [0.2, 0.25) is 0 Å². The number of piperidine rings is 1. The summed E-state index contributed by atoms with van der Waals surface area (Å²) >= 11 is 1.37. The number of hydrogen-bond donors (Lipinski definition) is 2. The van der Waals surface area contributed by atoms with Gasteiger partial charge in [-0.3, -0.25) is 9.59 Å². The van der Waals surface area contributed by atoms with Crippen molar-refractivity contribution >= 4 is 29.3 Å². The summed E-state index contributed by atoms with van der Waals surface area (Å²) in [5.74, 6) is 0.349. The Morgan fingerprint density at radius 1 is 1.14 bits per heavy atom. The molecule has 2 amide bonds. The maximum atomic E-state index is 12.5. The van der Waals surface area contributed by atoms with Gasteiger partial charge in [-0.25, -0.2) is 4.68 Å². The predicted octanol–water partition coefficient (Wildman–Crippen LogP) is 1.68. The van der Waals surface area contributed by atoms with Crippen LogP contribution in [0.4, 0.5) is 5.69 Å². The molecule has 0 atom stereocenters. The largest absolute Gasteiger partial charge is 0.508 e. The second kappa shape index (κ2) is 8.17. The van der Waals surface area contributed by atoms with E-state index >= 15 is 0 Å². The number of tetrazole rings is 1. The van der Waals surface area contributed by atoms with Crippen LogP contribution in [0.5, 0.6) is 5.75 Å². The van der Waals surface area contributed by atoms with Gasteiger partial charge in [0.2, 0.25) is 17.0 Å². The van der Waals surface area contributed by atoms with Crippen molar-refractivity contribution in [3.05, 3.63) is 24.3 Å². The lowest BCUT2D eigenvalue weighted by Crippen LogP contribution is -2.42. The van der Waals surface area contributed by atoms with Gasteiger partial charge >= 0.3 is 0 Å². The Bertz CT molecular complexity index is 843. The first kappa shape index (κ1) is 18.7. The lowest BCUT2D eigenvalue weighted by molar-refractivity contribution is -0.132. The Kier molecular flexibility index (Phi) is 5.47. The van der Waals surface area contributed by atoms with Gasteiger partial charge < -0.3 is 15.3 Å². The zero-order valence-electron chi connectivity index (χ0n) is 15.3.